The zero-order chi connectivity index (χ0) is 17.2. The lowest BCUT2D eigenvalue weighted by molar-refractivity contribution is 0.303. The number of nitrogens with two attached hydrogens (primary N) is 1. The molecule has 0 saturated carbocycles. The average molecular weight is 330 g/mol. The van der Waals surface area contributed by atoms with Crippen molar-refractivity contribution in [3.63, 3.8) is 0 Å². The molecule has 0 aliphatic carbocycles. The summed E-state index contributed by atoms with van der Waals surface area (Å²) >= 11 is 0. The first-order valence-corrected chi connectivity index (χ1v) is 8.07. The number of anilines is 1. The summed E-state index contributed by atoms with van der Waals surface area (Å²) in [7, 11) is 0. The van der Waals surface area contributed by atoms with Gasteiger partial charge in [-0.2, -0.15) is 0 Å². The summed E-state index contributed by atoms with van der Waals surface area (Å²) in [5.74, 6) is 1.47. The molecule has 2 N–H and O–H groups in total. The highest BCUT2D eigenvalue weighted by Gasteiger charge is 2.10. The molecule has 0 atom stereocenters. The van der Waals surface area contributed by atoms with E-state index in [9.17, 15) is 0 Å². The summed E-state index contributed by atoms with van der Waals surface area (Å²) in [5, 5.41) is 0. The third-order valence-corrected chi connectivity index (χ3v) is 4.10. The van der Waals surface area contributed by atoms with E-state index in [1.165, 1.54) is 0 Å². The average Bonchev–Trinajstić information content (AvgIpc) is 3.05. The molecule has 0 aliphatic rings. The maximum Gasteiger partial charge on any atom is 0.234 e. The number of hydrogen-bond donors (Lipinski definition) is 1. The Bertz CT molecular complexity index is 1010. The molecule has 0 saturated heterocycles. The summed E-state index contributed by atoms with van der Waals surface area (Å²) in [6, 6.07) is 15.8. The molecule has 0 spiro atoms. The van der Waals surface area contributed by atoms with Gasteiger partial charge in [0.2, 0.25) is 5.78 Å². The maximum atomic E-state index is 6.06. The second-order valence-electron chi connectivity index (χ2n) is 5.92. The number of imidazole rings is 1. The highest BCUT2D eigenvalue weighted by molar-refractivity contribution is 5.75. The Morgan fingerprint density at radius 2 is 1.96 bits per heavy atom. The molecule has 5 nitrogen and oxygen atoms in total. The van der Waals surface area contributed by atoms with Crippen LogP contribution in [-0.4, -0.2) is 14.4 Å². The number of rotatable bonds is 4. The number of fused-ring (bicyclic) bond motifs is 1. The molecule has 2 aromatic carbocycles. The Morgan fingerprint density at radius 3 is 2.84 bits per heavy atom. The molecule has 2 heterocycles. The van der Waals surface area contributed by atoms with Gasteiger partial charge in [-0.05, 0) is 42.3 Å². The van der Waals surface area contributed by atoms with Crippen molar-refractivity contribution in [3.05, 3.63) is 78.4 Å². The van der Waals surface area contributed by atoms with Crippen LogP contribution >= 0.6 is 0 Å². The van der Waals surface area contributed by atoms with Gasteiger partial charge in [0.25, 0.3) is 0 Å². The fourth-order valence-electron chi connectivity index (χ4n) is 2.85. The number of nitrogens with zero attached hydrogens (tertiary/aromatic N) is 3. The predicted molar refractivity (Wildman–Crippen MR) is 98.3 cm³/mol. The van der Waals surface area contributed by atoms with E-state index in [4.69, 9.17) is 10.5 Å². The molecular formula is C20H18N4O. The first-order valence-electron chi connectivity index (χ1n) is 8.07. The third kappa shape index (κ3) is 3.04. The van der Waals surface area contributed by atoms with Crippen LogP contribution in [0.2, 0.25) is 0 Å². The highest BCUT2D eigenvalue weighted by Crippen LogP contribution is 2.33. The number of para-hydroxylation sites is 1. The van der Waals surface area contributed by atoms with Gasteiger partial charge in [-0.3, -0.25) is 4.40 Å². The molecule has 0 radical (unpaired) electrons. The van der Waals surface area contributed by atoms with Gasteiger partial charge < -0.3 is 10.5 Å². The molecule has 25 heavy (non-hydrogen) atoms. The Balaban J connectivity index is 1.64. The standard InChI is InChI=1S/C20H18N4O/c1-14-7-8-15(21)11-18(14)17-5-2-3-6-19(17)25-13-16-12-24-10-4-9-22-20(24)23-16/h2-12H,13,21H2,1H3. The number of ether oxygens (including phenoxy) is 1. The molecule has 5 heteroatoms. The van der Waals surface area contributed by atoms with Crippen LogP contribution in [0.25, 0.3) is 16.9 Å². The Kier molecular flexibility index (Phi) is 3.82. The highest BCUT2D eigenvalue weighted by atomic mass is 16.5. The fourth-order valence-corrected chi connectivity index (χ4v) is 2.85. The van der Waals surface area contributed by atoms with Crippen molar-refractivity contribution in [2.24, 2.45) is 0 Å². The molecule has 2 aromatic heterocycles. The van der Waals surface area contributed by atoms with Crippen molar-refractivity contribution in [1.82, 2.24) is 14.4 Å². The molecule has 0 amide bonds. The summed E-state index contributed by atoms with van der Waals surface area (Å²) in [5.41, 5.74) is 10.8. The van der Waals surface area contributed by atoms with Crippen LogP contribution in [0.5, 0.6) is 5.75 Å². The van der Waals surface area contributed by atoms with Gasteiger partial charge in [-0.25, -0.2) is 9.97 Å². The van der Waals surface area contributed by atoms with Gasteiger partial charge in [-0.1, -0.05) is 24.3 Å². The minimum atomic E-state index is 0.377. The number of benzene rings is 2. The molecule has 124 valence electrons. The molecule has 4 aromatic rings. The van der Waals surface area contributed by atoms with E-state index < -0.39 is 0 Å². The zero-order valence-electron chi connectivity index (χ0n) is 13.9. The Labute approximate surface area is 145 Å². The molecule has 0 fully saturated rings. The van der Waals surface area contributed by atoms with E-state index in [0.717, 1.165) is 33.8 Å². The smallest absolute Gasteiger partial charge is 0.234 e. The van der Waals surface area contributed by atoms with Crippen LogP contribution in [0, 0.1) is 6.92 Å². The zero-order valence-corrected chi connectivity index (χ0v) is 13.9. The van der Waals surface area contributed by atoms with E-state index in [0.29, 0.717) is 12.4 Å². The molecular weight excluding hydrogens is 312 g/mol. The van der Waals surface area contributed by atoms with Crippen molar-refractivity contribution >= 4 is 11.5 Å². The quantitative estimate of drug-likeness (QED) is 0.577. The minimum absolute atomic E-state index is 0.377. The van der Waals surface area contributed by atoms with Gasteiger partial charge in [0.1, 0.15) is 12.4 Å². The van der Waals surface area contributed by atoms with Gasteiger partial charge >= 0.3 is 0 Å². The molecule has 0 aliphatic heterocycles. The molecule has 4 rings (SSSR count). The van der Waals surface area contributed by atoms with Crippen LogP contribution in [0.15, 0.2) is 67.1 Å². The van der Waals surface area contributed by atoms with Crippen LogP contribution in [-0.2, 0) is 6.61 Å². The van der Waals surface area contributed by atoms with Crippen molar-refractivity contribution in [2.75, 3.05) is 5.73 Å². The Morgan fingerprint density at radius 1 is 1.08 bits per heavy atom. The molecule has 0 unspecified atom stereocenters. The van der Waals surface area contributed by atoms with Crippen LogP contribution in [0.1, 0.15) is 11.3 Å². The first-order chi connectivity index (χ1) is 12.2. The van der Waals surface area contributed by atoms with E-state index >= 15 is 0 Å². The Hall–Kier alpha value is -3.34. The second kappa shape index (κ2) is 6.28. The topological polar surface area (TPSA) is 65.4 Å². The van der Waals surface area contributed by atoms with Gasteiger partial charge in [0.05, 0.1) is 5.69 Å². The summed E-state index contributed by atoms with van der Waals surface area (Å²) in [6.45, 7) is 2.45. The second-order valence-corrected chi connectivity index (χ2v) is 5.92. The van der Waals surface area contributed by atoms with Crippen LogP contribution < -0.4 is 10.5 Å². The minimum Gasteiger partial charge on any atom is -0.487 e. The van der Waals surface area contributed by atoms with E-state index in [1.54, 1.807) is 6.20 Å². The number of hydrogen-bond acceptors (Lipinski definition) is 4. The lowest BCUT2D eigenvalue weighted by Crippen LogP contribution is -1.98. The SMILES string of the molecule is Cc1ccc(N)cc1-c1ccccc1OCc1cn2cccnc2n1. The third-order valence-electron chi connectivity index (χ3n) is 4.10. The lowest BCUT2D eigenvalue weighted by atomic mass is 9.99. The van der Waals surface area contributed by atoms with E-state index in [-0.39, 0.29) is 0 Å². The summed E-state index contributed by atoms with van der Waals surface area (Å²) < 4.78 is 7.94. The monoisotopic (exact) mass is 330 g/mol. The summed E-state index contributed by atoms with van der Waals surface area (Å²) in [4.78, 5) is 8.69. The van der Waals surface area contributed by atoms with E-state index in [1.807, 2.05) is 65.3 Å². The van der Waals surface area contributed by atoms with Crippen molar-refractivity contribution in [2.45, 2.75) is 13.5 Å². The van der Waals surface area contributed by atoms with Gasteiger partial charge in [-0.15, -0.1) is 0 Å². The predicted octanol–water partition coefficient (Wildman–Crippen LogP) is 3.87. The van der Waals surface area contributed by atoms with Gasteiger partial charge in [0, 0.05) is 29.8 Å². The van der Waals surface area contributed by atoms with Crippen LogP contribution in [0.3, 0.4) is 0 Å². The van der Waals surface area contributed by atoms with Gasteiger partial charge in [0.15, 0.2) is 0 Å². The van der Waals surface area contributed by atoms with Crippen LogP contribution in [0.4, 0.5) is 5.69 Å². The van der Waals surface area contributed by atoms with Crippen molar-refractivity contribution in [3.8, 4) is 16.9 Å². The normalized spacial score (nSPS) is 10.9. The first kappa shape index (κ1) is 15.2. The fraction of sp³-hybridized carbons (Fsp3) is 0.100. The maximum absolute atomic E-state index is 6.06. The van der Waals surface area contributed by atoms with E-state index in [2.05, 4.69) is 16.9 Å². The molecule has 0 bridgehead atoms. The number of nitrogen functional groups attached to an aromatic ring is 1. The van der Waals surface area contributed by atoms with Crippen molar-refractivity contribution < 1.29 is 4.74 Å². The largest absolute Gasteiger partial charge is 0.487 e. The number of aromatic nitrogens is 3. The number of aryl methyl sites for hydroxylation is 1. The summed E-state index contributed by atoms with van der Waals surface area (Å²) in [6.07, 6.45) is 5.57. The van der Waals surface area contributed by atoms with Crippen molar-refractivity contribution in [1.29, 1.82) is 0 Å². The lowest BCUT2D eigenvalue weighted by Gasteiger charge is -2.13.